The monoisotopic (exact) mass is 447 g/mol. The van der Waals surface area contributed by atoms with E-state index in [2.05, 4.69) is 15.8 Å². The predicted octanol–water partition coefficient (Wildman–Crippen LogP) is 4.33. The number of aryl methyl sites for hydroxylation is 1. The average Bonchev–Trinajstić information content (AvgIpc) is 3.20. The van der Waals surface area contributed by atoms with Gasteiger partial charge in [-0.1, -0.05) is 0 Å². The van der Waals surface area contributed by atoms with Gasteiger partial charge in [-0.3, -0.25) is 9.59 Å². The SMILES string of the molecule is COc1ccc(NC(=O)c2oc3c(c2C)/C(=N/NC(=O)c2ccc(OC)cc2)CCC3)cc1. The molecule has 2 N–H and O–H groups in total. The highest BCUT2D eigenvalue weighted by atomic mass is 16.5. The zero-order valence-corrected chi connectivity index (χ0v) is 18.7. The molecule has 2 amide bonds. The number of carbonyl (C=O) groups excluding carboxylic acids is 2. The molecule has 1 aliphatic carbocycles. The van der Waals surface area contributed by atoms with Crippen LogP contribution in [0.4, 0.5) is 5.69 Å². The van der Waals surface area contributed by atoms with E-state index >= 15 is 0 Å². The van der Waals surface area contributed by atoms with Gasteiger partial charge in [0.25, 0.3) is 11.8 Å². The van der Waals surface area contributed by atoms with Crippen LogP contribution < -0.4 is 20.2 Å². The van der Waals surface area contributed by atoms with Gasteiger partial charge >= 0.3 is 0 Å². The number of benzene rings is 2. The fourth-order valence-electron chi connectivity index (χ4n) is 3.78. The Labute approximate surface area is 191 Å². The standard InChI is InChI=1S/C25H25N3O5/c1-15-22-20(27-28-24(29)16-7-11-18(31-2)12-8-16)5-4-6-21(22)33-23(15)25(30)26-17-9-13-19(32-3)14-10-17/h7-14H,4-6H2,1-3H3,(H,26,30)(H,28,29)/b27-20+. The molecular formula is C25H25N3O5. The molecule has 3 aromatic rings. The lowest BCUT2D eigenvalue weighted by Gasteiger charge is -2.13. The van der Waals surface area contributed by atoms with Gasteiger partial charge in [-0.15, -0.1) is 0 Å². The van der Waals surface area contributed by atoms with Gasteiger partial charge in [0, 0.05) is 28.8 Å². The van der Waals surface area contributed by atoms with Crippen LogP contribution in [0.5, 0.6) is 11.5 Å². The molecule has 0 spiro atoms. The molecule has 1 aromatic heterocycles. The summed E-state index contributed by atoms with van der Waals surface area (Å²) < 4.78 is 16.2. The van der Waals surface area contributed by atoms with Crippen LogP contribution in [-0.2, 0) is 6.42 Å². The number of fused-ring (bicyclic) bond motifs is 1. The highest BCUT2D eigenvalue weighted by Gasteiger charge is 2.28. The highest BCUT2D eigenvalue weighted by molar-refractivity contribution is 6.09. The maximum atomic E-state index is 12.9. The van der Waals surface area contributed by atoms with Crippen LogP contribution in [0.3, 0.4) is 0 Å². The molecule has 0 bridgehead atoms. The van der Waals surface area contributed by atoms with Crippen molar-refractivity contribution in [2.45, 2.75) is 26.2 Å². The number of hydrogen-bond acceptors (Lipinski definition) is 6. The van der Waals surface area contributed by atoms with E-state index in [4.69, 9.17) is 13.9 Å². The Bertz CT molecular complexity index is 1190. The van der Waals surface area contributed by atoms with Gasteiger partial charge in [0.05, 0.1) is 19.9 Å². The minimum Gasteiger partial charge on any atom is -0.497 e. The Morgan fingerprint density at radius 2 is 1.55 bits per heavy atom. The maximum absolute atomic E-state index is 12.9. The molecule has 1 heterocycles. The van der Waals surface area contributed by atoms with E-state index in [9.17, 15) is 9.59 Å². The maximum Gasteiger partial charge on any atom is 0.291 e. The van der Waals surface area contributed by atoms with Crippen molar-refractivity contribution in [1.29, 1.82) is 0 Å². The van der Waals surface area contributed by atoms with E-state index in [1.807, 2.05) is 6.92 Å². The number of furan rings is 1. The first-order chi connectivity index (χ1) is 16.0. The van der Waals surface area contributed by atoms with Crippen LogP contribution in [-0.4, -0.2) is 31.7 Å². The molecule has 0 fully saturated rings. The summed E-state index contributed by atoms with van der Waals surface area (Å²) in [6, 6.07) is 13.8. The summed E-state index contributed by atoms with van der Waals surface area (Å²) >= 11 is 0. The summed E-state index contributed by atoms with van der Waals surface area (Å²) in [5, 5.41) is 7.21. The Morgan fingerprint density at radius 1 is 0.909 bits per heavy atom. The van der Waals surface area contributed by atoms with Crippen molar-refractivity contribution >= 4 is 23.2 Å². The van der Waals surface area contributed by atoms with Crippen molar-refractivity contribution < 1.29 is 23.5 Å². The van der Waals surface area contributed by atoms with Gasteiger partial charge in [0.1, 0.15) is 17.3 Å². The van der Waals surface area contributed by atoms with E-state index in [0.29, 0.717) is 52.6 Å². The predicted molar refractivity (Wildman–Crippen MR) is 124 cm³/mol. The third-order valence-electron chi connectivity index (χ3n) is 5.52. The molecule has 4 rings (SSSR count). The summed E-state index contributed by atoms with van der Waals surface area (Å²) in [6.45, 7) is 1.83. The number of carbonyl (C=O) groups is 2. The minimum atomic E-state index is -0.339. The van der Waals surface area contributed by atoms with Gasteiger partial charge in [-0.25, -0.2) is 5.43 Å². The Hall–Kier alpha value is -4.07. The third kappa shape index (κ3) is 4.74. The van der Waals surface area contributed by atoms with Crippen molar-refractivity contribution in [2.24, 2.45) is 5.10 Å². The molecule has 1 aliphatic rings. The molecule has 0 atom stereocenters. The lowest BCUT2D eigenvalue weighted by Crippen LogP contribution is -2.22. The smallest absolute Gasteiger partial charge is 0.291 e. The number of anilines is 1. The van der Waals surface area contributed by atoms with E-state index in [0.717, 1.165) is 12.0 Å². The molecule has 0 radical (unpaired) electrons. The van der Waals surface area contributed by atoms with E-state index in [1.54, 1.807) is 62.8 Å². The summed E-state index contributed by atoms with van der Waals surface area (Å²) in [5.41, 5.74) is 5.91. The highest BCUT2D eigenvalue weighted by Crippen LogP contribution is 2.30. The molecule has 170 valence electrons. The molecule has 0 aliphatic heterocycles. The fourth-order valence-corrected chi connectivity index (χ4v) is 3.78. The van der Waals surface area contributed by atoms with Crippen molar-refractivity contribution in [1.82, 2.24) is 5.43 Å². The second kappa shape index (κ2) is 9.60. The van der Waals surface area contributed by atoms with Crippen LogP contribution in [0.15, 0.2) is 58.0 Å². The third-order valence-corrected chi connectivity index (χ3v) is 5.52. The second-order valence-electron chi connectivity index (χ2n) is 7.62. The van der Waals surface area contributed by atoms with E-state index in [-0.39, 0.29) is 17.6 Å². The lowest BCUT2D eigenvalue weighted by atomic mass is 9.93. The van der Waals surface area contributed by atoms with Gasteiger partial charge in [0.15, 0.2) is 5.76 Å². The molecule has 0 saturated carbocycles. The number of methoxy groups -OCH3 is 2. The van der Waals surface area contributed by atoms with Crippen LogP contribution >= 0.6 is 0 Å². The van der Waals surface area contributed by atoms with Gasteiger partial charge < -0.3 is 19.2 Å². The largest absolute Gasteiger partial charge is 0.497 e. The fraction of sp³-hybridized carbons (Fsp3) is 0.240. The average molecular weight is 447 g/mol. The first-order valence-electron chi connectivity index (χ1n) is 10.6. The first kappa shape index (κ1) is 22.1. The number of nitrogens with one attached hydrogen (secondary N) is 2. The van der Waals surface area contributed by atoms with Crippen molar-refractivity contribution in [3.63, 3.8) is 0 Å². The van der Waals surface area contributed by atoms with E-state index < -0.39 is 0 Å². The van der Waals surface area contributed by atoms with Crippen LogP contribution in [0.1, 0.15) is 50.6 Å². The van der Waals surface area contributed by atoms with Crippen molar-refractivity contribution in [3.05, 3.63) is 76.7 Å². The summed E-state index contributed by atoms with van der Waals surface area (Å²) in [4.78, 5) is 25.4. The first-order valence-corrected chi connectivity index (χ1v) is 10.6. The summed E-state index contributed by atoms with van der Waals surface area (Å²) in [5.74, 6) is 1.66. The molecule has 0 unspecified atom stereocenters. The van der Waals surface area contributed by atoms with Crippen molar-refractivity contribution in [3.8, 4) is 11.5 Å². The van der Waals surface area contributed by atoms with Crippen LogP contribution in [0.2, 0.25) is 0 Å². The van der Waals surface area contributed by atoms with Gasteiger partial charge in [0.2, 0.25) is 0 Å². The molecular weight excluding hydrogens is 422 g/mol. The number of ether oxygens (including phenoxy) is 2. The number of amides is 2. The van der Waals surface area contributed by atoms with Gasteiger partial charge in [-0.05, 0) is 68.3 Å². The molecule has 8 heteroatoms. The Balaban J connectivity index is 1.52. The minimum absolute atomic E-state index is 0.242. The topological polar surface area (TPSA) is 102 Å². The summed E-state index contributed by atoms with van der Waals surface area (Å²) in [6.07, 6.45) is 2.20. The number of nitrogens with zero attached hydrogens (tertiary/aromatic N) is 1. The van der Waals surface area contributed by atoms with Crippen molar-refractivity contribution in [2.75, 3.05) is 19.5 Å². The zero-order valence-electron chi connectivity index (χ0n) is 18.7. The van der Waals surface area contributed by atoms with Gasteiger partial charge in [-0.2, -0.15) is 5.10 Å². The summed E-state index contributed by atoms with van der Waals surface area (Å²) in [7, 11) is 3.16. The molecule has 8 nitrogen and oxygen atoms in total. The molecule has 33 heavy (non-hydrogen) atoms. The normalized spacial score (nSPS) is 13.8. The lowest BCUT2D eigenvalue weighted by molar-refractivity contribution is 0.0953. The number of hydrazone groups is 1. The molecule has 0 saturated heterocycles. The number of rotatable bonds is 6. The second-order valence-corrected chi connectivity index (χ2v) is 7.62. The van der Waals surface area contributed by atoms with Crippen LogP contribution in [0.25, 0.3) is 0 Å². The Kier molecular flexibility index (Phi) is 6.44. The van der Waals surface area contributed by atoms with E-state index in [1.165, 1.54) is 0 Å². The number of hydrogen-bond donors (Lipinski definition) is 2. The molecule has 2 aromatic carbocycles. The Morgan fingerprint density at radius 3 is 2.18 bits per heavy atom. The zero-order chi connectivity index (χ0) is 23.4. The van der Waals surface area contributed by atoms with Crippen LogP contribution in [0, 0.1) is 6.92 Å². The quantitative estimate of drug-likeness (QED) is 0.548.